The van der Waals surface area contributed by atoms with Crippen molar-refractivity contribution in [1.82, 2.24) is 20.4 Å². The molecule has 0 bridgehead atoms. The van der Waals surface area contributed by atoms with E-state index in [1.807, 2.05) is 6.08 Å². The van der Waals surface area contributed by atoms with Gasteiger partial charge in [-0.25, -0.2) is 0 Å². The van der Waals surface area contributed by atoms with Gasteiger partial charge in [-0.3, -0.25) is 4.68 Å². The van der Waals surface area contributed by atoms with Gasteiger partial charge in [-0.05, 0) is 38.1 Å². The summed E-state index contributed by atoms with van der Waals surface area (Å²) in [6, 6.07) is 2.55. The number of allylic oxidation sites excluding steroid dienone is 4. The molecule has 0 spiro atoms. The maximum atomic E-state index is 10.3. The average molecular weight is 355 g/mol. The van der Waals surface area contributed by atoms with Crippen LogP contribution in [0.4, 0.5) is 0 Å². The highest BCUT2D eigenvalue weighted by atomic mass is 32.1. The van der Waals surface area contributed by atoms with Crippen LogP contribution in [0.5, 0.6) is 0 Å². The Labute approximate surface area is 150 Å². The maximum absolute atomic E-state index is 10.3. The number of fused-ring (bicyclic) bond motifs is 1. The topological polar surface area (TPSA) is 86.0 Å². The molecule has 1 aliphatic heterocycles. The van der Waals surface area contributed by atoms with Gasteiger partial charge in [0, 0.05) is 46.9 Å². The summed E-state index contributed by atoms with van der Waals surface area (Å²) in [5.41, 5.74) is 1.79. The average Bonchev–Trinajstić information content (AvgIpc) is 3.17. The number of hydrogen-bond acceptors (Lipinski definition) is 6. The Balaban J connectivity index is 1.66. The first-order valence-electron chi connectivity index (χ1n) is 8.44. The zero-order valence-electron chi connectivity index (χ0n) is 14.0. The van der Waals surface area contributed by atoms with E-state index in [0.29, 0.717) is 11.8 Å². The van der Waals surface area contributed by atoms with Crippen LogP contribution in [-0.4, -0.2) is 40.7 Å². The number of nitrogens with zero attached hydrogens (tertiary/aromatic N) is 2. The highest BCUT2D eigenvalue weighted by Crippen LogP contribution is 2.36. The largest absolute Gasteiger partial charge is 0.507 e. The Kier molecular flexibility index (Phi) is 4.19. The van der Waals surface area contributed by atoms with Crippen LogP contribution in [0.3, 0.4) is 0 Å². The van der Waals surface area contributed by atoms with Gasteiger partial charge in [-0.15, -0.1) is 11.3 Å². The van der Waals surface area contributed by atoms with Crippen molar-refractivity contribution < 1.29 is 5.11 Å². The highest BCUT2D eigenvalue weighted by Gasteiger charge is 2.21. The van der Waals surface area contributed by atoms with Gasteiger partial charge in [0.15, 0.2) is 0 Å². The Hall–Kier alpha value is -2.38. The lowest BCUT2D eigenvalue weighted by Crippen LogP contribution is -2.29. The summed E-state index contributed by atoms with van der Waals surface area (Å²) >= 11 is 1.58. The number of aliphatic hydroxyl groups excluding tert-OH is 1. The second-order valence-electron chi connectivity index (χ2n) is 6.35. The number of nitrogens with one attached hydrogen (secondary N) is 3. The summed E-state index contributed by atoms with van der Waals surface area (Å²) < 4.78 is 2.10. The van der Waals surface area contributed by atoms with Crippen LogP contribution < -0.4 is 10.6 Å². The molecule has 0 aromatic carbocycles. The summed E-state index contributed by atoms with van der Waals surface area (Å²) in [5.74, 6) is 0.133. The minimum Gasteiger partial charge on any atom is -0.507 e. The van der Waals surface area contributed by atoms with Gasteiger partial charge in [-0.1, -0.05) is 0 Å². The molecule has 0 amide bonds. The molecular weight excluding hydrogens is 334 g/mol. The molecule has 1 saturated heterocycles. The Morgan fingerprint density at radius 3 is 2.92 bits per heavy atom. The minimum absolute atomic E-state index is 0.133. The molecule has 6 nitrogen and oxygen atoms in total. The molecule has 1 aliphatic carbocycles. The molecule has 2 aliphatic rings. The molecule has 0 saturated carbocycles. The van der Waals surface area contributed by atoms with Crippen molar-refractivity contribution >= 4 is 32.8 Å². The van der Waals surface area contributed by atoms with E-state index >= 15 is 0 Å². The third-order valence-electron chi connectivity index (χ3n) is 4.63. The SMILES string of the molecule is CN/C=C1/C=C(c2cc3cn(C4CCNCC4)nc3s2)C(O)=CC1=N. The second-order valence-corrected chi connectivity index (χ2v) is 7.38. The molecule has 130 valence electrons. The molecular formula is C18H21N5OS. The molecule has 0 unspecified atom stereocenters. The van der Waals surface area contributed by atoms with Crippen molar-refractivity contribution in [3.63, 3.8) is 0 Å². The van der Waals surface area contributed by atoms with Crippen LogP contribution in [-0.2, 0) is 0 Å². The van der Waals surface area contributed by atoms with Gasteiger partial charge in [0.1, 0.15) is 10.6 Å². The fourth-order valence-corrected chi connectivity index (χ4v) is 4.34. The van der Waals surface area contributed by atoms with E-state index in [1.54, 1.807) is 24.6 Å². The summed E-state index contributed by atoms with van der Waals surface area (Å²) in [4.78, 5) is 1.96. The summed E-state index contributed by atoms with van der Waals surface area (Å²) in [5, 5.41) is 30.4. The molecule has 3 heterocycles. The third-order valence-corrected chi connectivity index (χ3v) is 5.70. The lowest BCUT2D eigenvalue weighted by atomic mass is 9.98. The first-order chi connectivity index (χ1) is 12.2. The van der Waals surface area contributed by atoms with Crippen LogP contribution >= 0.6 is 11.3 Å². The van der Waals surface area contributed by atoms with Gasteiger partial charge in [-0.2, -0.15) is 5.10 Å². The van der Waals surface area contributed by atoms with Crippen LogP contribution in [0.15, 0.2) is 41.9 Å². The van der Waals surface area contributed by atoms with E-state index in [4.69, 9.17) is 10.5 Å². The Morgan fingerprint density at radius 2 is 2.20 bits per heavy atom. The lowest BCUT2D eigenvalue weighted by Gasteiger charge is -2.22. The third kappa shape index (κ3) is 3.01. The number of aliphatic hydroxyl groups is 1. The second kappa shape index (κ2) is 6.50. The minimum atomic E-state index is 0.133. The van der Waals surface area contributed by atoms with Gasteiger partial charge in [0.25, 0.3) is 0 Å². The van der Waals surface area contributed by atoms with Gasteiger partial charge in [0.2, 0.25) is 0 Å². The molecule has 4 N–H and O–H groups in total. The van der Waals surface area contributed by atoms with Crippen LogP contribution in [0, 0.1) is 5.41 Å². The predicted molar refractivity (Wildman–Crippen MR) is 102 cm³/mol. The maximum Gasteiger partial charge on any atom is 0.146 e. The zero-order valence-corrected chi connectivity index (χ0v) is 14.9. The van der Waals surface area contributed by atoms with Crippen molar-refractivity contribution in [2.45, 2.75) is 18.9 Å². The molecule has 25 heavy (non-hydrogen) atoms. The van der Waals surface area contributed by atoms with Crippen molar-refractivity contribution in [3.8, 4) is 0 Å². The summed E-state index contributed by atoms with van der Waals surface area (Å²) in [6.45, 7) is 2.09. The smallest absolute Gasteiger partial charge is 0.146 e. The molecule has 7 heteroatoms. The monoisotopic (exact) mass is 355 g/mol. The van der Waals surface area contributed by atoms with E-state index in [2.05, 4.69) is 27.6 Å². The lowest BCUT2D eigenvalue weighted by molar-refractivity contribution is 0.345. The number of aromatic nitrogens is 2. The van der Waals surface area contributed by atoms with Crippen LogP contribution in [0.1, 0.15) is 23.8 Å². The number of hydrogen-bond donors (Lipinski definition) is 4. The molecule has 4 rings (SSSR count). The molecule has 0 radical (unpaired) electrons. The molecule has 2 aromatic heterocycles. The normalized spacial score (nSPS) is 20.8. The first kappa shape index (κ1) is 16.1. The van der Waals surface area contributed by atoms with E-state index in [9.17, 15) is 5.11 Å². The zero-order chi connectivity index (χ0) is 17.4. The summed E-state index contributed by atoms with van der Waals surface area (Å²) in [6.07, 6.45) is 9.43. The van der Waals surface area contributed by atoms with Crippen LogP contribution in [0.2, 0.25) is 0 Å². The van der Waals surface area contributed by atoms with E-state index in [1.165, 1.54) is 6.08 Å². The first-order valence-corrected chi connectivity index (χ1v) is 9.26. The quantitative estimate of drug-likeness (QED) is 0.682. The fourth-order valence-electron chi connectivity index (χ4n) is 3.31. The number of rotatable bonds is 3. The highest BCUT2D eigenvalue weighted by molar-refractivity contribution is 7.19. The number of piperidine rings is 1. The molecule has 2 aromatic rings. The Bertz CT molecular complexity index is 880. The number of thiophene rings is 1. The molecule has 0 atom stereocenters. The van der Waals surface area contributed by atoms with E-state index in [0.717, 1.165) is 52.2 Å². The fraction of sp³-hybridized carbons (Fsp3) is 0.333. The van der Waals surface area contributed by atoms with Gasteiger partial charge in [0.05, 0.1) is 11.8 Å². The van der Waals surface area contributed by atoms with Gasteiger partial charge < -0.3 is 21.1 Å². The predicted octanol–water partition coefficient (Wildman–Crippen LogP) is 2.98. The van der Waals surface area contributed by atoms with Crippen LogP contribution in [0.25, 0.3) is 15.8 Å². The van der Waals surface area contributed by atoms with Crippen molar-refractivity contribution in [1.29, 1.82) is 5.41 Å². The van der Waals surface area contributed by atoms with Crippen molar-refractivity contribution in [2.75, 3.05) is 20.1 Å². The van der Waals surface area contributed by atoms with E-state index < -0.39 is 0 Å². The summed E-state index contributed by atoms with van der Waals surface area (Å²) in [7, 11) is 1.80. The van der Waals surface area contributed by atoms with Crippen molar-refractivity contribution in [2.24, 2.45) is 0 Å². The van der Waals surface area contributed by atoms with Gasteiger partial charge >= 0.3 is 0 Å². The molecule has 1 fully saturated rings. The Morgan fingerprint density at radius 1 is 1.40 bits per heavy atom. The van der Waals surface area contributed by atoms with Crippen molar-refractivity contribution in [3.05, 3.63) is 46.8 Å². The van der Waals surface area contributed by atoms with E-state index in [-0.39, 0.29) is 5.76 Å². The standard InChI is InChI=1S/C18H21N5OS/c1-20-9-11-6-14(16(24)8-15(11)19)17-7-12-10-23(22-18(12)25-17)13-2-4-21-5-3-13/h6-10,13,19-21,24H,2-5H2,1H3/b11-9-,19-15?.